The van der Waals surface area contributed by atoms with Crippen molar-refractivity contribution in [1.29, 1.82) is 0 Å². The van der Waals surface area contributed by atoms with Gasteiger partial charge in [-0.15, -0.1) is 5.10 Å². The minimum atomic E-state index is 0.0909. The van der Waals surface area contributed by atoms with E-state index in [1.807, 2.05) is 41.3 Å². The Hall–Kier alpha value is -2.21. The molecule has 0 radical (unpaired) electrons. The first-order chi connectivity index (χ1) is 11.7. The fourth-order valence-electron chi connectivity index (χ4n) is 3.38. The summed E-state index contributed by atoms with van der Waals surface area (Å²) in [7, 11) is 0. The third-order valence-electron chi connectivity index (χ3n) is 4.51. The number of hydrogen-bond donors (Lipinski definition) is 0. The number of rotatable bonds is 3. The highest BCUT2D eigenvalue weighted by Crippen LogP contribution is 2.33. The van der Waals surface area contributed by atoms with Gasteiger partial charge in [0.2, 0.25) is 5.91 Å². The molecule has 122 valence electrons. The van der Waals surface area contributed by atoms with Gasteiger partial charge in [0.1, 0.15) is 12.1 Å². The lowest BCUT2D eigenvalue weighted by Crippen LogP contribution is -2.33. The fraction of sp³-hybridized carbons (Fsp3) is 0.278. The van der Waals surface area contributed by atoms with Gasteiger partial charge in [-0.05, 0) is 42.7 Å². The van der Waals surface area contributed by atoms with Gasteiger partial charge in [-0.2, -0.15) is 0 Å². The van der Waals surface area contributed by atoms with Crippen LogP contribution in [0.15, 0.2) is 53.0 Å². The Morgan fingerprint density at radius 1 is 1.21 bits per heavy atom. The summed E-state index contributed by atoms with van der Waals surface area (Å²) < 4.78 is 2.73. The second-order valence-electron chi connectivity index (χ2n) is 6.04. The van der Waals surface area contributed by atoms with Crippen molar-refractivity contribution in [3.63, 3.8) is 0 Å². The third kappa shape index (κ3) is 2.82. The quantitative estimate of drug-likeness (QED) is 0.693. The molecule has 5 nitrogen and oxygen atoms in total. The van der Waals surface area contributed by atoms with Crippen LogP contribution in [0.1, 0.15) is 24.4 Å². The summed E-state index contributed by atoms with van der Waals surface area (Å²) >= 11 is 3.52. The Balaban J connectivity index is 1.57. The smallest absolute Gasteiger partial charge is 0.244 e. The normalized spacial score (nSPS) is 17.5. The highest BCUT2D eigenvalue weighted by Gasteiger charge is 2.30. The minimum Gasteiger partial charge on any atom is -0.334 e. The van der Waals surface area contributed by atoms with E-state index in [-0.39, 0.29) is 18.5 Å². The van der Waals surface area contributed by atoms with Crippen molar-refractivity contribution in [3.8, 4) is 0 Å². The van der Waals surface area contributed by atoms with Crippen LogP contribution in [0.3, 0.4) is 0 Å². The Bertz CT molecular complexity index is 891. The lowest BCUT2D eigenvalue weighted by Gasteiger charge is -2.25. The second kappa shape index (κ2) is 6.36. The topological polar surface area (TPSA) is 51.0 Å². The summed E-state index contributed by atoms with van der Waals surface area (Å²) in [5.41, 5.74) is 2.89. The monoisotopic (exact) mass is 384 g/mol. The summed E-state index contributed by atoms with van der Waals surface area (Å²) in [6.45, 7) is 1.02. The van der Waals surface area contributed by atoms with Gasteiger partial charge >= 0.3 is 0 Å². The molecule has 1 unspecified atom stereocenters. The first-order valence-corrected chi connectivity index (χ1v) is 8.85. The average molecular weight is 385 g/mol. The van der Waals surface area contributed by atoms with Crippen LogP contribution >= 0.6 is 15.9 Å². The molecular formula is C18H17BrN4O. The molecule has 0 saturated carbocycles. The summed E-state index contributed by atoms with van der Waals surface area (Å²) in [4.78, 5) is 14.8. The predicted octanol–water partition coefficient (Wildman–Crippen LogP) is 3.56. The van der Waals surface area contributed by atoms with Gasteiger partial charge in [0, 0.05) is 11.0 Å². The Labute approximate surface area is 148 Å². The van der Waals surface area contributed by atoms with Crippen LogP contribution in [-0.4, -0.2) is 32.3 Å². The number of benzene rings is 2. The second-order valence-corrected chi connectivity index (χ2v) is 6.95. The number of carbonyl (C=O) groups is 1. The van der Waals surface area contributed by atoms with Crippen molar-refractivity contribution in [3.05, 3.63) is 58.6 Å². The molecule has 1 fully saturated rings. The van der Waals surface area contributed by atoms with Crippen molar-refractivity contribution >= 4 is 32.9 Å². The van der Waals surface area contributed by atoms with E-state index >= 15 is 0 Å². The maximum Gasteiger partial charge on any atom is 0.244 e. The maximum atomic E-state index is 12.9. The Morgan fingerprint density at radius 3 is 2.96 bits per heavy atom. The molecule has 1 aromatic heterocycles. The highest BCUT2D eigenvalue weighted by molar-refractivity contribution is 9.10. The molecule has 2 heterocycles. The lowest BCUT2D eigenvalue weighted by atomic mass is 10.0. The highest BCUT2D eigenvalue weighted by atomic mass is 79.9. The number of halogens is 1. The van der Waals surface area contributed by atoms with E-state index in [2.05, 4.69) is 38.4 Å². The van der Waals surface area contributed by atoms with E-state index in [1.165, 1.54) is 5.56 Å². The van der Waals surface area contributed by atoms with E-state index in [1.54, 1.807) is 4.68 Å². The molecule has 0 bridgehead atoms. The Morgan fingerprint density at radius 2 is 2.08 bits per heavy atom. The number of nitrogens with zero attached hydrogens (tertiary/aromatic N) is 4. The molecule has 4 rings (SSSR count). The van der Waals surface area contributed by atoms with Gasteiger partial charge < -0.3 is 4.90 Å². The van der Waals surface area contributed by atoms with Crippen molar-refractivity contribution in [1.82, 2.24) is 19.9 Å². The maximum absolute atomic E-state index is 12.9. The van der Waals surface area contributed by atoms with Gasteiger partial charge in [0.05, 0.1) is 11.6 Å². The van der Waals surface area contributed by atoms with E-state index in [4.69, 9.17) is 0 Å². The molecule has 1 atom stereocenters. The van der Waals surface area contributed by atoms with Gasteiger partial charge in [0.15, 0.2) is 0 Å². The first kappa shape index (κ1) is 15.3. The summed E-state index contributed by atoms with van der Waals surface area (Å²) in [5.74, 6) is 0.0909. The number of para-hydroxylation sites is 1. The van der Waals surface area contributed by atoms with Crippen LogP contribution in [0.5, 0.6) is 0 Å². The molecule has 1 aliphatic rings. The van der Waals surface area contributed by atoms with Gasteiger partial charge in [-0.1, -0.05) is 45.4 Å². The molecule has 0 N–H and O–H groups in total. The standard InChI is InChI=1S/C18H17BrN4O/c19-14-6-3-5-13(11-14)16-9-4-10-22(16)18(24)12-23-17-8-2-1-7-15(17)20-21-23/h1-3,5-8,11,16H,4,9-10,12H2. The SMILES string of the molecule is O=C(Cn1nnc2ccccc21)N1CCCC1c1cccc(Br)c1. The number of carbonyl (C=O) groups excluding carboxylic acids is 1. The number of likely N-dealkylation sites (tertiary alicyclic amines) is 1. The van der Waals surface area contributed by atoms with E-state index in [0.717, 1.165) is 34.9 Å². The minimum absolute atomic E-state index is 0.0909. The van der Waals surface area contributed by atoms with Crippen LogP contribution < -0.4 is 0 Å². The number of fused-ring (bicyclic) bond motifs is 1. The molecule has 0 aliphatic carbocycles. The summed E-state index contributed by atoms with van der Waals surface area (Å²) in [5, 5.41) is 8.25. The lowest BCUT2D eigenvalue weighted by molar-refractivity contribution is -0.132. The molecule has 3 aromatic rings. The predicted molar refractivity (Wildman–Crippen MR) is 95.4 cm³/mol. The molecule has 1 amide bonds. The molecule has 1 saturated heterocycles. The first-order valence-electron chi connectivity index (χ1n) is 8.05. The molecule has 24 heavy (non-hydrogen) atoms. The fourth-order valence-corrected chi connectivity index (χ4v) is 3.80. The zero-order chi connectivity index (χ0) is 16.5. The van der Waals surface area contributed by atoms with Crippen molar-refractivity contribution in [2.45, 2.75) is 25.4 Å². The van der Waals surface area contributed by atoms with Crippen LogP contribution in [0.25, 0.3) is 11.0 Å². The van der Waals surface area contributed by atoms with Crippen molar-refractivity contribution in [2.24, 2.45) is 0 Å². The van der Waals surface area contributed by atoms with Crippen molar-refractivity contribution < 1.29 is 4.79 Å². The van der Waals surface area contributed by atoms with E-state index < -0.39 is 0 Å². The molecule has 2 aromatic carbocycles. The largest absolute Gasteiger partial charge is 0.334 e. The van der Waals surface area contributed by atoms with Crippen LogP contribution in [0.4, 0.5) is 0 Å². The molecule has 1 aliphatic heterocycles. The van der Waals surface area contributed by atoms with E-state index in [9.17, 15) is 4.79 Å². The molecular weight excluding hydrogens is 368 g/mol. The number of aromatic nitrogens is 3. The summed E-state index contributed by atoms with van der Waals surface area (Å²) in [6.07, 6.45) is 2.03. The Kier molecular flexibility index (Phi) is 4.06. The number of amides is 1. The third-order valence-corrected chi connectivity index (χ3v) is 5.01. The van der Waals surface area contributed by atoms with Gasteiger partial charge in [-0.3, -0.25) is 4.79 Å². The van der Waals surface area contributed by atoms with Crippen LogP contribution in [0.2, 0.25) is 0 Å². The van der Waals surface area contributed by atoms with Crippen LogP contribution in [0, 0.1) is 0 Å². The zero-order valence-corrected chi connectivity index (χ0v) is 14.7. The number of hydrogen-bond acceptors (Lipinski definition) is 3. The zero-order valence-electron chi connectivity index (χ0n) is 13.1. The summed E-state index contributed by atoms with van der Waals surface area (Å²) in [6, 6.07) is 16.1. The van der Waals surface area contributed by atoms with Crippen LogP contribution in [-0.2, 0) is 11.3 Å². The molecule has 0 spiro atoms. The van der Waals surface area contributed by atoms with Gasteiger partial charge in [0.25, 0.3) is 0 Å². The van der Waals surface area contributed by atoms with Crippen molar-refractivity contribution in [2.75, 3.05) is 6.54 Å². The molecule has 6 heteroatoms. The van der Waals surface area contributed by atoms with E-state index in [0.29, 0.717) is 0 Å². The average Bonchev–Trinajstić information content (AvgIpc) is 3.22. The van der Waals surface area contributed by atoms with Gasteiger partial charge in [-0.25, -0.2) is 4.68 Å².